The topological polar surface area (TPSA) is 94.0 Å². The number of halogens is 1. The van der Waals surface area contributed by atoms with Gasteiger partial charge >= 0.3 is 5.97 Å². The number of carboxylic acids is 1. The molecule has 0 spiro atoms. The van der Waals surface area contributed by atoms with Gasteiger partial charge < -0.3 is 9.52 Å². The average Bonchev–Trinajstić information content (AvgIpc) is 2.98. The molecule has 1 unspecified atom stereocenters. The van der Waals surface area contributed by atoms with Crippen molar-refractivity contribution >= 4 is 21.9 Å². The molecule has 0 amide bonds. The minimum absolute atomic E-state index is 0.314. The first-order valence-electron chi connectivity index (χ1n) is 5.90. The summed E-state index contributed by atoms with van der Waals surface area (Å²) in [6, 6.07) is 2.61. The lowest BCUT2D eigenvalue weighted by atomic mass is 10.1. The third-order valence-electron chi connectivity index (χ3n) is 2.70. The maximum absolute atomic E-state index is 11.3. The molecule has 2 aromatic heterocycles. The highest BCUT2D eigenvalue weighted by molar-refractivity contribution is 9.10. The largest absolute Gasteiger partial charge is 0.480 e. The van der Waals surface area contributed by atoms with Gasteiger partial charge in [0, 0.05) is 0 Å². The van der Waals surface area contributed by atoms with Gasteiger partial charge in [-0.05, 0) is 44.9 Å². The van der Waals surface area contributed by atoms with Gasteiger partial charge in [0.2, 0.25) is 5.82 Å². The number of hydrogen-bond donors (Lipinski definition) is 1. The van der Waals surface area contributed by atoms with Crippen molar-refractivity contribution in [1.82, 2.24) is 20.2 Å². The summed E-state index contributed by atoms with van der Waals surface area (Å²) in [5.41, 5.74) is 0. The highest BCUT2D eigenvalue weighted by atomic mass is 79.9. The molecule has 0 aliphatic carbocycles. The predicted octanol–water partition coefficient (Wildman–Crippen LogP) is 2.51. The highest BCUT2D eigenvalue weighted by Crippen LogP contribution is 2.26. The van der Waals surface area contributed by atoms with Gasteiger partial charge in [0.1, 0.15) is 0 Å². The molecule has 0 saturated carbocycles. The Balaban J connectivity index is 2.33. The second kappa shape index (κ2) is 5.96. The minimum atomic E-state index is -0.951. The van der Waals surface area contributed by atoms with E-state index in [1.54, 1.807) is 12.1 Å². The summed E-state index contributed by atoms with van der Waals surface area (Å²) < 4.78 is 7.20. The van der Waals surface area contributed by atoms with Crippen LogP contribution in [0.15, 0.2) is 21.2 Å². The van der Waals surface area contributed by atoms with Crippen LogP contribution in [0.1, 0.15) is 32.2 Å². The van der Waals surface area contributed by atoms with E-state index in [-0.39, 0.29) is 0 Å². The highest BCUT2D eigenvalue weighted by Gasteiger charge is 2.25. The van der Waals surface area contributed by atoms with E-state index in [1.165, 1.54) is 4.68 Å². The Hall–Kier alpha value is -1.70. The van der Waals surface area contributed by atoms with Crippen molar-refractivity contribution in [3.05, 3.63) is 16.8 Å². The number of unbranched alkanes of at least 4 members (excludes halogenated alkanes) is 1. The third-order valence-corrected chi connectivity index (χ3v) is 3.12. The summed E-state index contributed by atoms with van der Waals surface area (Å²) in [5.74, 6) is -0.207. The average molecular weight is 329 g/mol. The molecule has 2 aromatic rings. The van der Waals surface area contributed by atoms with Crippen molar-refractivity contribution in [1.29, 1.82) is 0 Å². The van der Waals surface area contributed by atoms with Crippen molar-refractivity contribution < 1.29 is 14.3 Å². The first-order chi connectivity index (χ1) is 9.13. The number of tetrazole rings is 1. The number of hydrogen-bond acceptors (Lipinski definition) is 5. The van der Waals surface area contributed by atoms with Gasteiger partial charge in [-0.15, -0.1) is 5.10 Å². The van der Waals surface area contributed by atoms with Gasteiger partial charge in [0.25, 0.3) is 0 Å². The standard InChI is InChI=1S/C11H13BrN4O3/c1-2-3-4-7(11(17)18)16-10(13-14-15-16)8-5-6-9(12)19-8/h5-7H,2-4H2,1H3,(H,17,18). The summed E-state index contributed by atoms with van der Waals surface area (Å²) in [7, 11) is 0. The smallest absolute Gasteiger partial charge is 0.328 e. The molecule has 2 heterocycles. The van der Waals surface area contributed by atoms with E-state index in [2.05, 4.69) is 31.5 Å². The van der Waals surface area contributed by atoms with Gasteiger partial charge in [0.15, 0.2) is 16.5 Å². The molecule has 19 heavy (non-hydrogen) atoms. The molecule has 0 saturated heterocycles. The lowest BCUT2D eigenvalue weighted by Crippen LogP contribution is -2.21. The third kappa shape index (κ3) is 3.01. The van der Waals surface area contributed by atoms with Gasteiger partial charge in [-0.3, -0.25) is 0 Å². The SMILES string of the molecule is CCCCC(C(=O)O)n1nnnc1-c1ccc(Br)o1. The molecule has 2 rings (SSSR count). The van der Waals surface area contributed by atoms with Gasteiger partial charge in [-0.1, -0.05) is 19.8 Å². The number of furan rings is 1. The van der Waals surface area contributed by atoms with E-state index in [0.717, 1.165) is 12.8 Å². The molecule has 102 valence electrons. The quantitative estimate of drug-likeness (QED) is 0.875. The van der Waals surface area contributed by atoms with Crippen LogP contribution in [0.2, 0.25) is 0 Å². The molecule has 8 heteroatoms. The normalized spacial score (nSPS) is 12.5. The van der Waals surface area contributed by atoms with Crippen LogP contribution in [0.5, 0.6) is 0 Å². The van der Waals surface area contributed by atoms with E-state index in [4.69, 9.17) is 4.42 Å². The lowest BCUT2D eigenvalue weighted by Gasteiger charge is -2.12. The minimum Gasteiger partial charge on any atom is -0.480 e. The number of aromatic nitrogens is 4. The predicted molar refractivity (Wildman–Crippen MR) is 69.4 cm³/mol. The molecule has 0 fully saturated rings. The molecule has 0 radical (unpaired) electrons. The van der Waals surface area contributed by atoms with Crippen molar-refractivity contribution in [2.75, 3.05) is 0 Å². The van der Waals surface area contributed by atoms with Gasteiger partial charge in [-0.2, -0.15) is 0 Å². The van der Waals surface area contributed by atoms with E-state index in [0.29, 0.717) is 22.7 Å². The fourth-order valence-electron chi connectivity index (χ4n) is 1.75. The van der Waals surface area contributed by atoms with Gasteiger partial charge in [0.05, 0.1) is 0 Å². The van der Waals surface area contributed by atoms with E-state index >= 15 is 0 Å². The Morgan fingerprint density at radius 3 is 2.95 bits per heavy atom. The van der Waals surface area contributed by atoms with Crippen LogP contribution in [0, 0.1) is 0 Å². The molecule has 7 nitrogen and oxygen atoms in total. The molecular formula is C11H13BrN4O3. The van der Waals surface area contributed by atoms with E-state index < -0.39 is 12.0 Å². The monoisotopic (exact) mass is 328 g/mol. The number of carbonyl (C=O) groups is 1. The number of rotatable bonds is 6. The van der Waals surface area contributed by atoms with Crippen LogP contribution in [-0.2, 0) is 4.79 Å². The fourth-order valence-corrected chi connectivity index (χ4v) is 2.05. The Labute approximate surface area is 117 Å². The number of aliphatic carboxylic acids is 1. The van der Waals surface area contributed by atoms with E-state index in [1.807, 2.05) is 6.92 Å². The Morgan fingerprint density at radius 1 is 1.58 bits per heavy atom. The van der Waals surface area contributed by atoms with Crippen molar-refractivity contribution in [3.63, 3.8) is 0 Å². The van der Waals surface area contributed by atoms with Crippen molar-refractivity contribution in [3.8, 4) is 11.6 Å². The molecule has 1 N–H and O–H groups in total. The van der Waals surface area contributed by atoms with Crippen LogP contribution in [0.4, 0.5) is 0 Å². The zero-order valence-corrected chi connectivity index (χ0v) is 11.9. The molecule has 0 aromatic carbocycles. The second-order valence-electron chi connectivity index (χ2n) is 4.05. The fraction of sp³-hybridized carbons (Fsp3) is 0.455. The zero-order chi connectivity index (χ0) is 13.8. The van der Waals surface area contributed by atoms with Crippen LogP contribution in [-0.4, -0.2) is 31.3 Å². The molecule has 0 bridgehead atoms. The summed E-state index contributed by atoms with van der Waals surface area (Å²) >= 11 is 3.19. The maximum atomic E-state index is 11.3. The van der Waals surface area contributed by atoms with E-state index in [9.17, 15) is 9.90 Å². The van der Waals surface area contributed by atoms with Crippen LogP contribution < -0.4 is 0 Å². The maximum Gasteiger partial charge on any atom is 0.328 e. The van der Waals surface area contributed by atoms with Gasteiger partial charge in [-0.25, -0.2) is 9.48 Å². The van der Waals surface area contributed by atoms with Crippen LogP contribution >= 0.6 is 15.9 Å². The summed E-state index contributed by atoms with van der Waals surface area (Å²) in [6.07, 6.45) is 2.18. The molecular weight excluding hydrogens is 316 g/mol. The molecule has 1 atom stereocenters. The second-order valence-corrected chi connectivity index (χ2v) is 4.83. The number of carboxylic acid groups (broad SMARTS) is 1. The zero-order valence-electron chi connectivity index (χ0n) is 10.3. The van der Waals surface area contributed by atoms with Crippen molar-refractivity contribution in [2.45, 2.75) is 32.2 Å². The summed E-state index contributed by atoms with van der Waals surface area (Å²) in [5, 5.41) is 20.4. The summed E-state index contributed by atoms with van der Waals surface area (Å²) in [4.78, 5) is 11.3. The van der Waals surface area contributed by atoms with Crippen LogP contribution in [0.3, 0.4) is 0 Å². The molecule has 0 aliphatic heterocycles. The van der Waals surface area contributed by atoms with Crippen molar-refractivity contribution in [2.24, 2.45) is 0 Å². The summed E-state index contributed by atoms with van der Waals surface area (Å²) in [6.45, 7) is 2.00. The first kappa shape index (κ1) is 13.7. The Kier molecular flexibility index (Phi) is 4.31. The Morgan fingerprint density at radius 2 is 2.37 bits per heavy atom. The van der Waals surface area contributed by atoms with Crippen LogP contribution in [0.25, 0.3) is 11.6 Å². The molecule has 0 aliphatic rings. The lowest BCUT2D eigenvalue weighted by molar-refractivity contribution is -0.141. The first-order valence-corrected chi connectivity index (χ1v) is 6.69. The Bertz CT molecular complexity index is 566. The number of nitrogens with zero attached hydrogens (tertiary/aromatic N) is 4.